The maximum Gasteiger partial charge on any atom is 0.251 e. The number of rotatable bonds is 2. The fraction of sp³-hybridized carbons (Fsp3) is 0.625. The first-order valence-corrected chi connectivity index (χ1v) is 8.13. The number of likely N-dealkylation sites (tertiary alicyclic amines) is 1. The molecule has 2 aliphatic rings. The van der Waals surface area contributed by atoms with Gasteiger partial charge in [-0.3, -0.25) is 4.79 Å². The molecule has 128 valence electrons. The molecule has 0 bridgehead atoms. The molecular weight excluding hydrogens is 316 g/mol. The van der Waals surface area contributed by atoms with Crippen molar-refractivity contribution in [3.05, 3.63) is 18.0 Å². The van der Waals surface area contributed by atoms with Gasteiger partial charge in [0.15, 0.2) is 0 Å². The molecule has 2 fully saturated rings. The molecule has 1 aromatic heterocycles. The standard InChI is InChI=1S/C16H19F2N5O/c17-16(18)4-8-22(9-5-16)14(24)12-2-1-7-23(11-12)15-20-6-3-13(10-19)21-15/h3,6,12H,1-2,4-5,7-9,11H2. The summed E-state index contributed by atoms with van der Waals surface area (Å²) in [5.74, 6) is -2.51. The van der Waals surface area contributed by atoms with Gasteiger partial charge >= 0.3 is 0 Å². The maximum atomic E-state index is 13.2. The van der Waals surface area contributed by atoms with Gasteiger partial charge in [-0.25, -0.2) is 18.7 Å². The Balaban J connectivity index is 1.65. The lowest BCUT2D eigenvalue weighted by Crippen LogP contribution is -2.49. The quantitative estimate of drug-likeness (QED) is 0.824. The van der Waals surface area contributed by atoms with Gasteiger partial charge < -0.3 is 9.80 Å². The van der Waals surface area contributed by atoms with Crippen molar-refractivity contribution in [1.29, 1.82) is 5.26 Å². The largest absolute Gasteiger partial charge is 0.342 e. The second-order valence-corrected chi connectivity index (χ2v) is 6.32. The van der Waals surface area contributed by atoms with Crippen LogP contribution in [0.1, 0.15) is 31.4 Å². The number of carbonyl (C=O) groups excluding carboxylic acids is 1. The van der Waals surface area contributed by atoms with Crippen LogP contribution in [-0.2, 0) is 4.79 Å². The van der Waals surface area contributed by atoms with Gasteiger partial charge in [0, 0.05) is 45.2 Å². The Morgan fingerprint density at radius 2 is 2.08 bits per heavy atom. The molecule has 0 saturated carbocycles. The first-order valence-electron chi connectivity index (χ1n) is 8.13. The molecular formula is C16H19F2N5O. The van der Waals surface area contributed by atoms with Crippen molar-refractivity contribution in [1.82, 2.24) is 14.9 Å². The van der Waals surface area contributed by atoms with Crippen molar-refractivity contribution in [2.75, 3.05) is 31.1 Å². The summed E-state index contributed by atoms with van der Waals surface area (Å²) in [6.45, 7) is 1.41. The number of nitrogens with zero attached hydrogens (tertiary/aromatic N) is 5. The molecule has 1 aromatic rings. The molecule has 0 aromatic carbocycles. The van der Waals surface area contributed by atoms with Crippen LogP contribution in [-0.4, -0.2) is 52.9 Å². The van der Waals surface area contributed by atoms with Crippen LogP contribution in [0.3, 0.4) is 0 Å². The first kappa shape index (κ1) is 16.6. The summed E-state index contributed by atoms with van der Waals surface area (Å²) in [5.41, 5.74) is 0.284. The van der Waals surface area contributed by atoms with E-state index >= 15 is 0 Å². The third-order valence-corrected chi connectivity index (χ3v) is 4.62. The summed E-state index contributed by atoms with van der Waals surface area (Å²) in [6, 6.07) is 3.51. The predicted octanol–water partition coefficient (Wildman–Crippen LogP) is 1.82. The molecule has 0 N–H and O–H groups in total. The summed E-state index contributed by atoms with van der Waals surface area (Å²) >= 11 is 0. The number of nitriles is 1. The van der Waals surface area contributed by atoms with Crippen molar-refractivity contribution in [3.63, 3.8) is 0 Å². The van der Waals surface area contributed by atoms with Gasteiger partial charge in [-0.05, 0) is 18.9 Å². The van der Waals surface area contributed by atoms with E-state index in [-0.39, 0.29) is 43.5 Å². The molecule has 0 radical (unpaired) electrons. The van der Waals surface area contributed by atoms with E-state index in [0.29, 0.717) is 12.5 Å². The molecule has 1 amide bonds. The third kappa shape index (κ3) is 3.61. The lowest BCUT2D eigenvalue weighted by molar-refractivity contribution is -0.141. The number of anilines is 1. The second-order valence-electron chi connectivity index (χ2n) is 6.32. The highest BCUT2D eigenvalue weighted by molar-refractivity contribution is 5.79. The summed E-state index contributed by atoms with van der Waals surface area (Å²) < 4.78 is 26.5. The van der Waals surface area contributed by atoms with Crippen molar-refractivity contribution >= 4 is 11.9 Å². The molecule has 3 rings (SSSR count). The zero-order chi connectivity index (χ0) is 17.2. The van der Waals surface area contributed by atoms with Crippen LogP contribution in [0.25, 0.3) is 0 Å². The van der Waals surface area contributed by atoms with Crippen molar-refractivity contribution in [3.8, 4) is 6.07 Å². The lowest BCUT2D eigenvalue weighted by atomic mass is 9.95. The van der Waals surface area contributed by atoms with E-state index in [1.807, 2.05) is 11.0 Å². The average Bonchev–Trinajstić information content (AvgIpc) is 2.61. The van der Waals surface area contributed by atoms with Gasteiger partial charge in [-0.15, -0.1) is 0 Å². The van der Waals surface area contributed by atoms with E-state index in [9.17, 15) is 13.6 Å². The number of piperidine rings is 2. The Labute approximate surface area is 139 Å². The van der Waals surface area contributed by atoms with Crippen molar-refractivity contribution in [2.24, 2.45) is 5.92 Å². The minimum absolute atomic E-state index is 0.0633. The summed E-state index contributed by atoms with van der Waals surface area (Å²) in [7, 11) is 0. The van der Waals surface area contributed by atoms with Gasteiger partial charge in [0.05, 0.1) is 5.92 Å². The second kappa shape index (κ2) is 6.67. The highest BCUT2D eigenvalue weighted by Gasteiger charge is 2.38. The Morgan fingerprint density at radius 3 is 2.79 bits per heavy atom. The zero-order valence-corrected chi connectivity index (χ0v) is 13.3. The van der Waals surface area contributed by atoms with Gasteiger partial charge in [-0.1, -0.05) is 0 Å². The summed E-state index contributed by atoms with van der Waals surface area (Å²) in [4.78, 5) is 24.4. The Bertz CT molecular complexity index is 650. The van der Waals surface area contributed by atoms with Crippen LogP contribution in [0.15, 0.2) is 12.3 Å². The van der Waals surface area contributed by atoms with Gasteiger partial charge in [0.25, 0.3) is 5.92 Å². The van der Waals surface area contributed by atoms with E-state index in [4.69, 9.17) is 5.26 Å². The van der Waals surface area contributed by atoms with Crippen LogP contribution in [0.4, 0.5) is 14.7 Å². The Morgan fingerprint density at radius 1 is 1.33 bits per heavy atom. The number of aromatic nitrogens is 2. The highest BCUT2D eigenvalue weighted by Crippen LogP contribution is 2.30. The van der Waals surface area contributed by atoms with Crippen LogP contribution in [0.5, 0.6) is 0 Å². The van der Waals surface area contributed by atoms with Crippen LogP contribution in [0.2, 0.25) is 0 Å². The molecule has 6 nitrogen and oxygen atoms in total. The summed E-state index contributed by atoms with van der Waals surface area (Å²) in [5, 5.41) is 8.93. The first-order chi connectivity index (χ1) is 11.5. The molecule has 3 heterocycles. The Hall–Kier alpha value is -2.30. The topological polar surface area (TPSA) is 73.1 Å². The smallest absolute Gasteiger partial charge is 0.251 e. The van der Waals surface area contributed by atoms with Crippen LogP contribution >= 0.6 is 0 Å². The Kier molecular flexibility index (Phi) is 4.60. The SMILES string of the molecule is N#Cc1ccnc(N2CCCC(C(=O)N3CCC(F)(F)CC3)C2)n1. The highest BCUT2D eigenvalue weighted by atomic mass is 19.3. The van der Waals surface area contributed by atoms with E-state index in [2.05, 4.69) is 9.97 Å². The van der Waals surface area contributed by atoms with Crippen LogP contribution < -0.4 is 4.90 Å². The number of hydrogen-bond donors (Lipinski definition) is 0. The van der Waals surface area contributed by atoms with Crippen molar-refractivity contribution < 1.29 is 13.6 Å². The molecule has 1 unspecified atom stereocenters. The molecule has 1 atom stereocenters. The molecule has 2 saturated heterocycles. The third-order valence-electron chi connectivity index (χ3n) is 4.62. The van der Waals surface area contributed by atoms with Gasteiger partial charge in [0.1, 0.15) is 11.8 Å². The number of alkyl halides is 2. The molecule has 0 spiro atoms. The van der Waals surface area contributed by atoms with E-state index < -0.39 is 5.92 Å². The predicted molar refractivity (Wildman–Crippen MR) is 82.4 cm³/mol. The van der Waals surface area contributed by atoms with Gasteiger partial charge in [-0.2, -0.15) is 5.26 Å². The zero-order valence-electron chi connectivity index (χ0n) is 13.3. The minimum Gasteiger partial charge on any atom is -0.342 e. The monoisotopic (exact) mass is 335 g/mol. The van der Waals surface area contributed by atoms with Gasteiger partial charge in [0.2, 0.25) is 11.9 Å². The normalized spacial score (nSPS) is 23.6. The molecule has 2 aliphatic heterocycles. The molecule has 8 heteroatoms. The van der Waals surface area contributed by atoms with Crippen molar-refractivity contribution in [2.45, 2.75) is 31.6 Å². The number of carbonyl (C=O) groups is 1. The fourth-order valence-corrected chi connectivity index (χ4v) is 3.24. The lowest BCUT2D eigenvalue weighted by Gasteiger charge is -2.37. The molecule has 0 aliphatic carbocycles. The average molecular weight is 335 g/mol. The van der Waals surface area contributed by atoms with E-state index in [1.165, 1.54) is 12.3 Å². The maximum absolute atomic E-state index is 13.2. The summed E-state index contributed by atoms with van der Waals surface area (Å²) in [6.07, 6.45) is 2.55. The molecule has 24 heavy (non-hydrogen) atoms. The number of amides is 1. The fourth-order valence-electron chi connectivity index (χ4n) is 3.24. The number of hydrogen-bond acceptors (Lipinski definition) is 5. The number of halogens is 2. The minimum atomic E-state index is -2.65. The van der Waals surface area contributed by atoms with E-state index in [0.717, 1.165) is 19.4 Å². The van der Waals surface area contributed by atoms with E-state index in [1.54, 1.807) is 4.90 Å². The van der Waals surface area contributed by atoms with Crippen LogP contribution in [0, 0.1) is 17.2 Å².